The van der Waals surface area contributed by atoms with Gasteiger partial charge in [-0.2, -0.15) is 0 Å². The summed E-state index contributed by atoms with van der Waals surface area (Å²) >= 11 is 5.84. The molecule has 35 heavy (non-hydrogen) atoms. The number of nitro groups is 1. The van der Waals surface area contributed by atoms with E-state index in [9.17, 15) is 24.5 Å². The van der Waals surface area contributed by atoms with Gasteiger partial charge in [-0.25, -0.2) is 4.79 Å². The molecule has 0 fully saturated rings. The van der Waals surface area contributed by atoms with Crippen molar-refractivity contribution in [3.8, 4) is 5.75 Å². The van der Waals surface area contributed by atoms with Crippen LogP contribution < -0.4 is 20.7 Å². The summed E-state index contributed by atoms with van der Waals surface area (Å²) in [5.74, 6) is -0.144. The van der Waals surface area contributed by atoms with Crippen molar-refractivity contribution in [1.82, 2.24) is 16.0 Å². The first-order valence-electron chi connectivity index (χ1n) is 11.0. The number of hydrogen-bond acceptors (Lipinski definition) is 6. The highest BCUT2D eigenvalue weighted by Gasteiger charge is 2.40. The molecule has 2 aromatic carbocycles. The molecule has 0 spiro atoms. The van der Waals surface area contributed by atoms with Gasteiger partial charge in [-0.05, 0) is 67.8 Å². The van der Waals surface area contributed by atoms with Crippen LogP contribution in [0.1, 0.15) is 46.4 Å². The quantitative estimate of drug-likeness (QED) is 0.186. The predicted molar refractivity (Wildman–Crippen MR) is 129 cm³/mol. The number of methoxy groups -OCH3 is 1. The van der Waals surface area contributed by atoms with Crippen molar-refractivity contribution in [2.75, 3.05) is 13.7 Å². The Balaban J connectivity index is 1.55. The zero-order valence-electron chi connectivity index (χ0n) is 19.0. The molecule has 3 N–H and O–H groups in total. The van der Waals surface area contributed by atoms with Gasteiger partial charge in [0.05, 0.1) is 17.7 Å². The molecule has 1 atom stereocenters. The van der Waals surface area contributed by atoms with Crippen molar-refractivity contribution < 1.29 is 24.0 Å². The number of amides is 3. The van der Waals surface area contributed by atoms with E-state index in [2.05, 4.69) is 16.0 Å². The monoisotopic (exact) mass is 500 g/mol. The highest BCUT2D eigenvalue weighted by atomic mass is 35.5. The van der Waals surface area contributed by atoms with Crippen LogP contribution in [-0.2, 0) is 0 Å². The second kappa shape index (κ2) is 12.0. The summed E-state index contributed by atoms with van der Waals surface area (Å²) in [4.78, 5) is 48.3. The van der Waals surface area contributed by atoms with Gasteiger partial charge in [-0.1, -0.05) is 18.0 Å². The number of rotatable bonds is 11. The van der Waals surface area contributed by atoms with E-state index in [0.717, 1.165) is 0 Å². The number of carbonyl (C=O) groups is 3. The number of urea groups is 1. The van der Waals surface area contributed by atoms with Crippen LogP contribution in [0, 0.1) is 10.1 Å². The summed E-state index contributed by atoms with van der Waals surface area (Å²) in [5, 5.41) is 19.8. The molecule has 1 heterocycles. The maximum absolute atomic E-state index is 12.9. The Kier molecular flexibility index (Phi) is 8.80. The minimum Gasteiger partial charge on any atom is -0.497 e. The number of nitrogens with zero attached hydrogens (tertiary/aromatic N) is 1. The van der Waals surface area contributed by atoms with Crippen molar-refractivity contribution in [3.63, 3.8) is 0 Å². The molecule has 1 unspecified atom stereocenters. The number of Topliss-reactive ketones (excluding diaryl/α,β-unsaturated/α-hetero) is 1. The molecule has 11 heteroatoms. The third-order valence-electron chi connectivity index (χ3n) is 5.45. The van der Waals surface area contributed by atoms with E-state index in [1.54, 1.807) is 31.4 Å². The SMILES string of the molecule is COc1ccc(C(=O)NCCCCCC2=C([N+](=O)[O-])C(C(=O)c3ccc(Cl)cc3)NC(=O)N2)cc1. The number of hydrogen-bond donors (Lipinski definition) is 3. The Morgan fingerprint density at radius 1 is 1.06 bits per heavy atom. The van der Waals surface area contributed by atoms with Crippen molar-refractivity contribution in [2.45, 2.75) is 31.7 Å². The van der Waals surface area contributed by atoms with E-state index in [4.69, 9.17) is 16.3 Å². The maximum Gasteiger partial charge on any atom is 0.320 e. The molecule has 0 aliphatic carbocycles. The average Bonchev–Trinajstić information content (AvgIpc) is 2.85. The first-order chi connectivity index (χ1) is 16.8. The first-order valence-corrected chi connectivity index (χ1v) is 11.3. The highest BCUT2D eigenvalue weighted by molar-refractivity contribution is 6.30. The minimum absolute atomic E-state index is 0.105. The molecule has 3 rings (SSSR count). The number of carbonyl (C=O) groups excluding carboxylic acids is 3. The van der Waals surface area contributed by atoms with E-state index >= 15 is 0 Å². The lowest BCUT2D eigenvalue weighted by molar-refractivity contribution is -0.430. The number of unbranched alkanes of at least 4 members (excludes halogenated alkanes) is 2. The average molecular weight is 501 g/mol. The summed E-state index contributed by atoms with van der Waals surface area (Å²) in [6.07, 6.45) is 2.02. The van der Waals surface area contributed by atoms with Gasteiger partial charge in [0.15, 0.2) is 11.8 Å². The van der Waals surface area contributed by atoms with E-state index in [-0.39, 0.29) is 29.3 Å². The normalized spacial score (nSPS) is 15.1. The van der Waals surface area contributed by atoms with Gasteiger partial charge >= 0.3 is 6.03 Å². The largest absolute Gasteiger partial charge is 0.497 e. The Hall–Kier alpha value is -3.92. The fraction of sp³-hybridized carbons (Fsp3) is 0.292. The number of benzene rings is 2. The molecule has 0 radical (unpaired) electrons. The van der Waals surface area contributed by atoms with E-state index in [0.29, 0.717) is 42.1 Å². The summed E-state index contributed by atoms with van der Waals surface area (Å²) in [7, 11) is 1.55. The Labute approximate surface area is 206 Å². The van der Waals surface area contributed by atoms with Crippen molar-refractivity contribution in [2.24, 2.45) is 0 Å². The summed E-state index contributed by atoms with van der Waals surface area (Å²) in [5.41, 5.74) is 0.444. The van der Waals surface area contributed by atoms with Gasteiger partial charge < -0.3 is 20.7 Å². The van der Waals surface area contributed by atoms with Crippen LogP contribution in [-0.4, -0.2) is 42.3 Å². The third kappa shape index (κ3) is 6.80. The number of ketones is 1. The molecule has 0 saturated heterocycles. The number of allylic oxidation sites excluding steroid dienone is 1. The predicted octanol–water partition coefficient (Wildman–Crippen LogP) is 3.69. The zero-order valence-corrected chi connectivity index (χ0v) is 19.8. The molecule has 1 aliphatic heterocycles. The highest BCUT2D eigenvalue weighted by Crippen LogP contribution is 2.22. The van der Waals surface area contributed by atoms with Gasteiger partial charge in [0.25, 0.3) is 11.6 Å². The Morgan fingerprint density at radius 3 is 2.34 bits per heavy atom. The summed E-state index contributed by atoms with van der Waals surface area (Å²) < 4.78 is 5.07. The van der Waals surface area contributed by atoms with Crippen LogP contribution in [0.25, 0.3) is 0 Å². The smallest absolute Gasteiger partial charge is 0.320 e. The lowest BCUT2D eigenvalue weighted by Gasteiger charge is -2.24. The maximum atomic E-state index is 12.9. The molecule has 2 aromatic rings. The second-order valence-electron chi connectivity index (χ2n) is 7.82. The first kappa shape index (κ1) is 25.7. The van der Waals surface area contributed by atoms with Crippen LogP contribution in [0.5, 0.6) is 5.75 Å². The van der Waals surface area contributed by atoms with Crippen molar-refractivity contribution >= 4 is 29.3 Å². The lowest BCUT2D eigenvalue weighted by Crippen LogP contribution is -2.53. The molecule has 3 amide bonds. The minimum atomic E-state index is -1.40. The standard InChI is InChI=1S/C24H25ClN4O6/c1-35-18-12-8-16(9-13-18)23(31)26-14-4-2-3-5-19-21(29(33)34)20(28-24(32)27-19)22(30)15-6-10-17(25)11-7-15/h6-13,20H,2-5,14H2,1H3,(H,26,31)(H2,27,28,32). The van der Waals surface area contributed by atoms with Crippen LogP contribution >= 0.6 is 11.6 Å². The van der Waals surface area contributed by atoms with E-state index < -0.39 is 22.8 Å². The molecular formula is C24H25ClN4O6. The second-order valence-corrected chi connectivity index (χ2v) is 8.26. The molecule has 0 saturated carbocycles. The molecule has 184 valence electrons. The van der Waals surface area contributed by atoms with Crippen molar-refractivity contribution in [3.05, 3.63) is 86.2 Å². The topological polar surface area (TPSA) is 140 Å². The zero-order chi connectivity index (χ0) is 25.4. The molecule has 0 aromatic heterocycles. The molecule has 0 bridgehead atoms. The van der Waals surface area contributed by atoms with E-state index in [1.165, 1.54) is 24.3 Å². The summed E-state index contributed by atoms with van der Waals surface area (Å²) in [6, 6.07) is 10.6. The Morgan fingerprint density at radius 2 is 1.71 bits per heavy atom. The van der Waals surface area contributed by atoms with Crippen LogP contribution in [0.15, 0.2) is 59.9 Å². The fourth-order valence-corrected chi connectivity index (χ4v) is 3.76. The lowest BCUT2D eigenvalue weighted by atomic mass is 9.97. The van der Waals surface area contributed by atoms with Crippen LogP contribution in [0.2, 0.25) is 5.02 Å². The Bertz CT molecular complexity index is 1130. The number of nitrogens with one attached hydrogen (secondary N) is 3. The molecule has 10 nitrogen and oxygen atoms in total. The van der Waals surface area contributed by atoms with Gasteiger partial charge in [0.1, 0.15) is 5.75 Å². The van der Waals surface area contributed by atoms with Gasteiger partial charge in [-0.15, -0.1) is 0 Å². The number of halogens is 1. The van der Waals surface area contributed by atoms with Gasteiger partial charge in [0.2, 0.25) is 0 Å². The van der Waals surface area contributed by atoms with E-state index in [1.807, 2.05) is 0 Å². The fourth-order valence-electron chi connectivity index (χ4n) is 3.64. The van der Waals surface area contributed by atoms with Gasteiger partial charge in [0, 0.05) is 22.7 Å². The molecular weight excluding hydrogens is 476 g/mol. The van der Waals surface area contributed by atoms with Gasteiger partial charge in [-0.3, -0.25) is 19.7 Å². The number of ether oxygens (including phenoxy) is 1. The summed E-state index contributed by atoms with van der Waals surface area (Å²) in [6.45, 7) is 0.428. The molecule has 1 aliphatic rings. The van der Waals surface area contributed by atoms with Crippen LogP contribution in [0.4, 0.5) is 4.79 Å². The van der Waals surface area contributed by atoms with Crippen LogP contribution in [0.3, 0.4) is 0 Å². The van der Waals surface area contributed by atoms with Crippen molar-refractivity contribution in [1.29, 1.82) is 0 Å². The third-order valence-corrected chi connectivity index (χ3v) is 5.70.